The van der Waals surface area contributed by atoms with Crippen molar-refractivity contribution >= 4 is 17.5 Å². The van der Waals surface area contributed by atoms with Gasteiger partial charge in [0, 0.05) is 22.5 Å². The van der Waals surface area contributed by atoms with Crippen LogP contribution >= 0.6 is 0 Å². The van der Waals surface area contributed by atoms with E-state index in [9.17, 15) is 9.59 Å². The van der Waals surface area contributed by atoms with Crippen molar-refractivity contribution < 1.29 is 19.1 Å². The zero-order valence-electron chi connectivity index (χ0n) is 15.6. The van der Waals surface area contributed by atoms with Crippen molar-refractivity contribution in [1.29, 1.82) is 0 Å². The molecule has 1 atom stereocenters. The van der Waals surface area contributed by atoms with Gasteiger partial charge in [-0.25, -0.2) is 9.50 Å². The van der Waals surface area contributed by atoms with Gasteiger partial charge in [-0.1, -0.05) is 0 Å². The minimum atomic E-state index is -0.894. The molecule has 0 saturated heterocycles. The van der Waals surface area contributed by atoms with Crippen molar-refractivity contribution in [3.63, 3.8) is 0 Å². The normalized spacial score (nSPS) is 12.0. The molecule has 0 aliphatic carbocycles. The van der Waals surface area contributed by atoms with Gasteiger partial charge in [0.05, 0.1) is 13.5 Å². The Morgan fingerprint density at radius 1 is 1.19 bits per heavy atom. The van der Waals surface area contributed by atoms with Crippen molar-refractivity contribution in [3.8, 4) is 5.75 Å². The first-order valence-electron chi connectivity index (χ1n) is 8.44. The highest BCUT2D eigenvalue weighted by molar-refractivity contribution is 6.00. The highest BCUT2D eigenvalue weighted by Crippen LogP contribution is 2.16. The van der Waals surface area contributed by atoms with E-state index < -0.39 is 12.1 Å². The Hall–Kier alpha value is -3.29. The number of hydrogen-bond donors (Lipinski definition) is 0. The molecule has 0 unspecified atom stereocenters. The Morgan fingerprint density at radius 3 is 2.56 bits per heavy atom. The number of carbonyl (C=O) groups excluding carboxylic acids is 2. The van der Waals surface area contributed by atoms with E-state index in [1.54, 1.807) is 49.7 Å². The number of hydrogen-bond acceptors (Lipinski definition) is 7. The number of benzene rings is 1. The summed E-state index contributed by atoms with van der Waals surface area (Å²) in [5.41, 5.74) is 2.61. The monoisotopic (exact) mass is 368 g/mol. The quantitative estimate of drug-likeness (QED) is 0.486. The summed E-state index contributed by atoms with van der Waals surface area (Å²) in [6, 6.07) is 6.66. The molecule has 3 aromatic rings. The molecule has 0 bridgehead atoms. The van der Waals surface area contributed by atoms with Crippen molar-refractivity contribution in [2.75, 3.05) is 7.11 Å². The van der Waals surface area contributed by atoms with Gasteiger partial charge in [0.25, 0.3) is 5.78 Å². The van der Waals surface area contributed by atoms with Gasteiger partial charge >= 0.3 is 5.97 Å². The SMILES string of the molecule is COc1ccc(C(=O)[C@H](C)OC(=O)Cc2c(C)nc3ncnn3c2C)cc1. The lowest BCUT2D eigenvalue weighted by molar-refractivity contribution is -0.145. The maximum Gasteiger partial charge on any atom is 0.311 e. The van der Waals surface area contributed by atoms with Gasteiger partial charge in [0.1, 0.15) is 12.1 Å². The molecular weight excluding hydrogens is 348 g/mol. The summed E-state index contributed by atoms with van der Waals surface area (Å²) in [6.45, 7) is 5.20. The molecule has 3 rings (SSSR count). The maximum atomic E-state index is 12.5. The van der Waals surface area contributed by atoms with Crippen molar-refractivity contribution in [3.05, 3.63) is 53.1 Å². The van der Waals surface area contributed by atoms with E-state index in [-0.39, 0.29) is 12.2 Å². The number of carbonyl (C=O) groups is 2. The number of rotatable bonds is 6. The topological polar surface area (TPSA) is 95.7 Å². The molecule has 0 amide bonds. The molecule has 8 heteroatoms. The minimum absolute atomic E-state index is 0.000694. The third-order valence-electron chi connectivity index (χ3n) is 4.36. The number of aryl methyl sites for hydroxylation is 2. The standard InChI is InChI=1S/C19H20N4O4/c1-11-16(12(2)23-19(22-11)20-10-21-23)9-17(24)27-13(3)18(25)14-5-7-15(26-4)8-6-14/h5-8,10,13H,9H2,1-4H3/t13-/m0/s1. The van der Waals surface area contributed by atoms with Crippen LogP contribution in [0.5, 0.6) is 5.75 Å². The number of methoxy groups -OCH3 is 1. The first-order valence-corrected chi connectivity index (χ1v) is 8.44. The predicted molar refractivity (Wildman–Crippen MR) is 96.8 cm³/mol. The fourth-order valence-corrected chi connectivity index (χ4v) is 2.84. The van der Waals surface area contributed by atoms with Crippen LogP contribution in [0.4, 0.5) is 0 Å². The molecule has 8 nitrogen and oxygen atoms in total. The summed E-state index contributed by atoms with van der Waals surface area (Å²) in [4.78, 5) is 33.2. The lowest BCUT2D eigenvalue weighted by Crippen LogP contribution is -2.26. The van der Waals surface area contributed by atoms with Crippen molar-refractivity contribution in [1.82, 2.24) is 19.6 Å². The van der Waals surface area contributed by atoms with Gasteiger partial charge in [-0.2, -0.15) is 10.1 Å². The van der Waals surface area contributed by atoms with Gasteiger partial charge in [-0.15, -0.1) is 0 Å². The smallest absolute Gasteiger partial charge is 0.311 e. The summed E-state index contributed by atoms with van der Waals surface area (Å²) in [5, 5.41) is 4.10. The van der Waals surface area contributed by atoms with Crippen LogP contribution in [0.25, 0.3) is 5.78 Å². The maximum absolute atomic E-state index is 12.5. The number of esters is 1. The second-order valence-electron chi connectivity index (χ2n) is 6.13. The third-order valence-corrected chi connectivity index (χ3v) is 4.36. The summed E-state index contributed by atoms with van der Waals surface area (Å²) in [7, 11) is 1.55. The highest BCUT2D eigenvalue weighted by Gasteiger charge is 2.21. The minimum Gasteiger partial charge on any atom is -0.497 e. The van der Waals surface area contributed by atoms with E-state index in [1.165, 1.54) is 6.33 Å². The van der Waals surface area contributed by atoms with E-state index in [4.69, 9.17) is 9.47 Å². The fraction of sp³-hybridized carbons (Fsp3) is 0.316. The zero-order valence-corrected chi connectivity index (χ0v) is 15.6. The molecule has 0 fully saturated rings. The van der Waals surface area contributed by atoms with Crippen LogP contribution < -0.4 is 4.74 Å². The van der Waals surface area contributed by atoms with Crippen LogP contribution in [-0.2, 0) is 16.0 Å². The predicted octanol–water partition coefficient (Wildman–Crippen LogP) is 2.11. The van der Waals surface area contributed by atoms with Crippen LogP contribution in [0.3, 0.4) is 0 Å². The van der Waals surface area contributed by atoms with Crippen LogP contribution in [0.2, 0.25) is 0 Å². The average Bonchev–Trinajstić information content (AvgIpc) is 3.13. The van der Waals surface area contributed by atoms with E-state index in [1.807, 2.05) is 6.92 Å². The summed E-state index contributed by atoms with van der Waals surface area (Å²) < 4.78 is 12.0. The second kappa shape index (κ2) is 7.53. The fourth-order valence-electron chi connectivity index (χ4n) is 2.84. The Kier molecular flexibility index (Phi) is 5.16. The molecule has 0 aliphatic heterocycles. The van der Waals surface area contributed by atoms with Gasteiger partial charge in [0.2, 0.25) is 5.78 Å². The number of Topliss-reactive ketones (excluding diaryl/α,β-unsaturated/α-hetero) is 1. The summed E-state index contributed by atoms with van der Waals surface area (Å²) in [6.07, 6.45) is 0.516. The Labute approximate surface area is 156 Å². The van der Waals surface area contributed by atoms with E-state index >= 15 is 0 Å². The molecule has 140 valence electrons. The zero-order chi connectivity index (χ0) is 19.6. The first-order chi connectivity index (χ1) is 12.9. The Bertz CT molecular complexity index is 995. The van der Waals surface area contributed by atoms with Crippen LogP contribution in [-0.4, -0.2) is 44.5 Å². The first kappa shape index (κ1) is 18.5. The second-order valence-corrected chi connectivity index (χ2v) is 6.13. The van der Waals surface area contributed by atoms with E-state index in [2.05, 4.69) is 15.1 Å². The lowest BCUT2D eigenvalue weighted by Gasteiger charge is -2.14. The Balaban J connectivity index is 1.70. The largest absolute Gasteiger partial charge is 0.497 e. The van der Waals surface area contributed by atoms with Crippen molar-refractivity contribution in [2.24, 2.45) is 0 Å². The number of ether oxygens (including phenoxy) is 2. The number of fused-ring (bicyclic) bond motifs is 1. The van der Waals surface area contributed by atoms with Gasteiger partial charge < -0.3 is 9.47 Å². The van der Waals surface area contributed by atoms with E-state index in [0.29, 0.717) is 28.3 Å². The molecule has 2 aromatic heterocycles. The Morgan fingerprint density at radius 2 is 1.89 bits per heavy atom. The molecule has 0 N–H and O–H groups in total. The molecule has 0 aliphatic rings. The molecule has 0 saturated carbocycles. The lowest BCUT2D eigenvalue weighted by atomic mass is 10.1. The van der Waals surface area contributed by atoms with E-state index in [0.717, 1.165) is 5.69 Å². The number of aromatic nitrogens is 4. The molecule has 0 spiro atoms. The van der Waals surface area contributed by atoms with Crippen LogP contribution in [0, 0.1) is 13.8 Å². The van der Waals surface area contributed by atoms with Gasteiger partial charge in [0.15, 0.2) is 6.10 Å². The molecule has 0 radical (unpaired) electrons. The van der Waals surface area contributed by atoms with Crippen LogP contribution in [0.1, 0.15) is 34.2 Å². The number of nitrogens with zero attached hydrogens (tertiary/aromatic N) is 4. The van der Waals surface area contributed by atoms with Gasteiger partial charge in [-0.3, -0.25) is 9.59 Å². The molecule has 2 heterocycles. The molecule has 1 aromatic carbocycles. The van der Waals surface area contributed by atoms with Crippen molar-refractivity contribution in [2.45, 2.75) is 33.3 Å². The average molecular weight is 368 g/mol. The summed E-state index contributed by atoms with van der Waals surface area (Å²) >= 11 is 0. The summed E-state index contributed by atoms with van der Waals surface area (Å²) in [5.74, 6) is 0.351. The molecule has 27 heavy (non-hydrogen) atoms. The molecular formula is C19H20N4O4. The third kappa shape index (κ3) is 3.79. The number of ketones is 1. The highest BCUT2D eigenvalue weighted by atomic mass is 16.5. The van der Waals surface area contributed by atoms with Gasteiger partial charge in [-0.05, 0) is 45.0 Å². The van der Waals surface area contributed by atoms with Crippen LogP contribution in [0.15, 0.2) is 30.6 Å².